The van der Waals surface area contributed by atoms with Gasteiger partial charge in [-0.25, -0.2) is 0 Å². The second kappa shape index (κ2) is 4.83. The van der Waals surface area contributed by atoms with Crippen LogP contribution in [0, 0.1) is 5.92 Å². The van der Waals surface area contributed by atoms with Crippen LogP contribution < -0.4 is 5.32 Å². The van der Waals surface area contributed by atoms with Gasteiger partial charge in [0.15, 0.2) is 0 Å². The summed E-state index contributed by atoms with van der Waals surface area (Å²) in [6, 6.07) is 0. The van der Waals surface area contributed by atoms with Gasteiger partial charge in [0, 0.05) is 6.54 Å². The van der Waals surface area contributed by atoms with E-state index in [-0.39, 0.29) is 0 Å². The van der Waals surface area contributed by atoms with E-state index in [1.807, 2.05) is 7.05 Å². The first-order chi connectivity index (χ1) is 5.34. The van der Waals surface area contributed by atoms with Crippen molar-refractivity contribution in [1.29, 1.82) is 0 Å². The van der Waals surface area contributed by atoms with Crippen molar-refractivity contribution < 1.29 is 0 Å². The van der Waals surface area contributed by atoms with E-state index in [9.17, 15) is 0 Å². The van der Waals surface area contributed by atoms with Crippen LogP contribution in [0.4, 0.5) is 0 Å². The van der Waals surface area contributed by atoms with Crippen molar-refractivity contribution in [3.05, 3.63) is 12.2 Å². The van der Waals surface area contributed by atoms with Crippen LogP contribution in [0.15, 0.2) is 12.2 Å². The third-order valence-electron chi connectivity index (χ3n) is 2.14. The molecule has 1 aliphatic heterocycles. The van der Waals surface area contributed by atoms with Crippen LogP contribution >= 0.6 is 11.8 Å². The van der Waals surface area contributed by atoms with Crippen molar-refractivity contribution in [2.24, 2.45) is 5.92 Å². The number of hydrogen-bond donors (Lipinski definition) is 1. The molecular weight excluding hydrogens is 154 g/mol. The van der Waals surface area contributed by atoms with E-state index in [1.165, 1.54) is 29.9 Å². The highest BCUT2D eigenvalue weighted by Gasteiger charge is 2.15. The smallest absolute Gasteiger partial charge is 0.0161 e. The molecule has 0 amide bonds. The highest BCUT2D eigenvalue weighted by Crippen LogP contribution is 2.26. The van der Waals surface area contributed by atoms with Gasteiger partial charge in [-0.1, -0.05) is 12.2 Å². The maximum absolute atomic E-state index is 4.09. The highest BCUT2D eigenvalue weighted by molar-refractivity contribution is 7.99. The zero-order valence-corrected chi connectivity index (χ0v) is 8.04. The Morgan fingerprint density at radius 1 is 1.73 bits per heavy atom. The molecule has 0 spiro atoms. The third-order valence-corrected chi connectivity index (χ3v) is 3.36. The summed E-state index contributed by atoms with van der Waals surface area (Å²) in [6.07, 6.45) is 2.73. The maximum atomic E-state index is 4.09. The summed E-state index contributed by atoms with van der Waals surface area (Å²) in [6.45, 7) is 5.08. The van der Waals surface area contributed by atoms with Gasteiger partial charge in [0.2, 0.25) is 0 Å². The van der Waals surface area contributed by atoms with E-state index >= 15 is 0 Å². The summed E-state index contributed by atoms with van der Waals surface area (Å²) < 4.78 is 0. The van der Waals surface area contributed by atoms with Gasteiger partial charge in [0.05, 0.1) is 0 Å². The quantitative estimate of drug-likeness (QED) is 0.651. The lowest BCUT2D eigenvalue weighted by Gasteiger charge is -2.23. The van der Waals surface area contributed by atoms with Crippen LogP contribution in [-0.2, 0) is 0 Å². The summed E-state index contributed by atoms with van der Waals surface area (Å²) in [7, 11) is 1.99. The minimum absolute atomic E-state index is 0.779. The van der Waals surface area contributed by atoms with Crippen LogP contribution in [0.5, 0.6) is 0 Å². The fourth-order valence-electron chi connectivity index (χ4n) is 1.43. The summed E-state index contributed by atoms with van der Waals surface area (Å²) in [5, 5.41) is 3.16. The van der Waals surface area contributed by atoms with Gasteiger partial charge >= 0.3 is 0 Å². The van der Waals surface area contributed by atoms with Crippen molar-refractivity contribution in [2.75, 3.05) is 25.1 Å². The number of thioether (sulfide) groups is 1. The molecule has 2 heteroatoms. The molecule has 1 nitrogen and oxygen atoms in total. The zero-order chi connectivity index (χ0) is 8.10. The number of rotatable bonds is 3. The molecule has 1 fully saturated rings. The molecule has 1 atom stereocenters. The average molecular weight is 171 g/mol. The Kier molecular flexibility index (Phi) is 4.02. The van der Waals surface area contributed by atoms with Crippen LogP contribution in [0.3, 0.4) is 0 Å². The second-order valence-corrected chi connectivity index (χ2v) is 4.25. The minimum atomic E-state index is 0.779. The molecule has 0 radical (unpaired) electrons. The van der Waals surface area contributed by atoms with Gasteiger partial charge in [-0.3, -0.25) is 0 Å². The molecule has 1 N–H and O–H groups in total. The van der Waals surface area contributed by atoms with E-state index in [0.29, 0.717) is 0 Å². The molecule has 1 heterocycles. The molecule has 1 aliphatic rings. The number of hydrogen-bond acceptors (Lipinski definition) is 2. The first-order valence-corrected chi connectivity index (χ1v) is 5.40. The van der Waals surface area contributed by atoms with Crippen molar-refractivity contribution in [3.63, 3.8) is 0 Å². The first kappa shape index (κ1) is 9.14. The summed E-state index contributed by atoms with van der Waals surface area (Å²) >= 11 is 2.07. The molecule has 1 rings (SSSR count). The van der Waals surface area contributed by atoms with E-state index in [1.54, 1.807) is 0 Å². The fourth-order valence-corrected chi connectivity index (χ4v) is 2.66. The van der Waals surface area contributed by atoms with Crippen LogP contribution in [-0.4, -0.2) is 25.1 Å². The SMILES string of the molecule is C=C(CNC)C1CCCSC1. The van der Waals surface area contributed by atoms with E-state index in [0.717, 1.165) is 12.5 Å². The number of likely N-dealkylation sites (N-methyl/N-ethyl adjacent to an activating group) is 1. The van der Waals surface area contributed by atoms with E-state index in [2.05, 4.69) is 23.7 Å². The maximum Gasteiger partial charge on any atom is 0.0161 e. The molecule has 0 aliphatic carbocycles. The van der Waals surface area contributed by atoms with Crippen LogP contribution in [0.2, 0.25) is 0 Å². The van der Waals surface area contributed by atoms with Gasteiger partial charge < -0.3 is 5.32 Å². The Bertz CT molecular complexity index is 128. The van der Waals surface area contributed by atoms with Gasteiger partial charge in [0.25, 0.3) is 0 Å². The second-order valence-electron chi connectivity index (χ2n) is 3.10. The minimum Gasteiger partial charge on any atom is -0.316 e. The topological polar surface area (TPSA) is 12.0 Å². The summed E-state index contributed by atoms with van der Waals surface area (Å²) in [4.78, 5) is 0. The standard InChI is InChI=1S/C9H17NS/c1-8(6-10-2)9-4-3-5-11-7-9/h9-10H,1,3-7H2,2H3. The van der Waals surface area contributed by atoms with Crippen molar-refractivity contribution in [3.8, 4) is 0 Å². The normalized spacial score (nSPS) is 25.0. The van der Waals surface area contributed by atoms with E-state index in [4.69, 9.17) is 0 Å². The van der Waals surface area contributed by atoms with Crippen LogP contribution in [0.1, 0.15) is 12.8 Å². The largest absolute Gasteiger partial charge is 0.316 e. The lowest BCUT2D eigenvalue weighted by Crippen LogP contribution is -2.20. The number of nitrogens with one attached hydrogen (secondary N) is 1. The molecular formula is C9H17NS. The van der Waals surface area contributed by atoms with Crippen molar-refractivity contribution in [2.45, 2.75) is 12.8 Å². The highest BCUT2D eigenvalue weighted by atomic mass is 32.2. The van der Waals surface area contributed by atoms with Gasteiger partial charge in [-0.15, -0.1) is 0 Å². The lowest BCUT2D eigenvalue weighted by atomic mass is 9.97. The third kappa shape index (κ3) is 2.88. The summed E-state index contributed by atoms with van der Waals surface area (Å²) in [5.74, 6) is 3.42. The molecule has 1 saturated heterocycles. The molecule has 64 valence electrons. The van der Waals surface area contributed by atoms with Gasteiger partial charge in [-0.05, 0) is 37.3 Å². The Labute approximate surface area is 73.6 Å². The van der Waals surface area contributed by atoms with Crippen molar-refractivity contribution in [1.82, 2.24) is 5.32 Å². The molecule has 0 saturated carbocycles. The Morgan fingerprint density at radius 3 is 3.09 bits per heavy atom. The Hall–Kier alpha value is 0.0500. The fraction of sp³-hybridized carbons (Fsp3) is 0.778. The van der Waals surface area contributed by atoms with E-state index < -0.39 is 0 Å². The first-order valence-electron chi connectivity index (χ1n) is 4.24. The lowest BCUT2D eigenvalue weighted by molar-refractivity contribution is 0.580. The monoisotopic (exact) mass is 171 g/mol. The Balaban J connectivity index is 2.27. The van der Waals surface area contributed by atoms with Gasteiger partial charge in [0.1, 0.15) is 0 Å². The average Bonchev–Trinajstić information content (AvgIpc) is 2.07. The summed E-state index contributed by atoms with van der Waals surface area (Å²) in [5.41, 5.74) is 1.39. The molecule has 0 aromatic carbocycles. The molecule has 0 bridgehead atoms. The molecule has 0 aromatic heterocycles. The predicted octanol–water partition coefficient (Wildman–Crippen LogP) is 1.91. The van der Waals surface area contributed by atoms with Gasteiger partial charge in [-0.2, -0.15) is 11.8 Å². The zero-order valence-electron chi connectivity index (χ0n) is 7.23. The molecule has 11 heavy (non-hydrogen) atoms. The molecule has 1 unspecified atom stereocenters. The van der Waals surface area contributed by atoms with Crippen LogP contribution in [0.25, 0.3) is 0 Å². The molecule has 0 aromatic rings. The predicted molar refractivity (Wildman–Crippen MR) is 53.1 cm³/mol. The van der Waals surface area contributed by atoms with Crippen molar-refractivity contribution >= 4 is 11.8 Å². The Morgan fingerprint density at radius 2 is 2.55 bits per heavy atom.